The van der Waals surface area contributed by atoms with Crippen LogP contribution in [-0.4, -0.2) is 42.4 Å². The SMILES string of the molecule is CCCOc1ccc(CN2CCOCC2C)c(O)c1. The Hall–Kier alpha value is -1.26. The first-order valence-electron chi connectivity index (χ1n) is 6.97. The van der Waals surface area contributed by atoms with E-state index in [1.54, 1.807) is 6.07 Å². The number of hydrogen-bond acceptors (Lipinski definition) is 4. The Kier molecular flexibility index (Phi) is 5.05. The Bertz CT molecular complexity index is 408. The molecule has 1 aromatic carbocycles. The summed E-state index contributed by atoms with van der Waals surface area (Å²) >= 11 is 0. The third-order valence-corrected chi connectivity index (χ3v) is 3.41. The zero-order chi connectivity index (χ0) is 13.7. The Morgan fingerprint density at radius 3 is 3.00 bits per heavy atom. The van der Waals surface area contributed by atoms with Crippen LogP contribution in [0, 0.1) is 0 Å². The molecule has 0 amide bonds. The van der Waals surface area contributed by atoms with Crippen LogP contribution in [0.5, 0.6) is 11.5 Å². The average Bonchev–Trinajstić information content (AvgIpc) is 2.41. The highest BCUT2D eigenvalue weighted by molar-refractivity contribution is 5.39. The lowest BCUT2D eigenvalue weighted by Crippen LogP contribution is -2.42. The summed E-state index contributed by atoms with van der Waals surface area (Å²) in [6.45, 7) is 8.09. The van der Waals surface area contributed by atoms with Crippen LogP contribution in [0.25, 0.3) is 0 Å². The number of phenolic OH excluding ortho intramolecular Hbond substituents is 1. The van der Waals surface area contributed by atoms with Crippen LogP contribution < -0.4 is 4.74 Å². The van der Waals surface area contributed by atoms with Crippen molar-refractivity contribution in [2.45, 2.75) is 32.9 Å². The van der Waals surface area contributed by atoms with Crippen molar-refractivity contribution in [1.82, 2.24) is 4.90 Å². The summed E-state index contributed by atoms with van der Waals surface area (Å²) in [6, 6.07) is 5.97. The topological polar surface area (TPSA) is 41.9 Å². The van der Waals surface area contributed by atoms with Gasteiger partial charge in [-0.3, -0.25) is 4.90 Å². The van der Waals surface area contributed by atoms with Crippen molar-refractivity contribution in [3.8, 4) is 11.5 Å². The van der Waals surface area contributed by atoms with Gasteiger partial charge in [-0.05, 0) is 19.4 Å². The van der Waals surface area contributed by atoms with E-state index in [1.807, 2.05) is 12.1 Å². The second-order valence-electron chi connectivity index (χ2n) is 5.03. The smallest absolute Gasteiger partial charge is 0.123 e. The molecule has 0 bridgehead atoms. The maximum Gasteiger partial charge on any atom is 0.123 e. The molecule has 4 heteroatoms. The van der Waals surface area contributed by atoms with Crippen LogP contribution in [0.3, 0.4) is 0 Å². The van der Waals surface area contributed by atoms with Crippen molar-refractivity contribution in [2.24, 2.45) is 0 Å². The van der Waals surface area contributed by atoms with Gasteiger partial charge in [0.05, 0.1) is 19.8 Å². The van der Waals surface area contributed by atoms with Crippen LogP contribution in [-0.2, 0) is 11.3 Å². The third-order valence-electron chi connectivity index (χ3n) is 3.41. The maximum absolute atomic E-state index is 10.1. The summed E-state index contributed by atoms with van der Waals surface area (Å²) in [5.74, 6) is 1.05. The summed E-state index contributed by atoms with van der Waals surface area (Å²) in [6.07, 6.45) is 0.966. The Morgan fingerprint density at radius 2 is 2.32 bits per heavy atom. The number of ether oxygens (including phenoxy) is 2. The van der Waals surface area contributed by atoms with E-state index in [2.05, 4.69) is 18.7 Å². The van der Waals surface area contributed by atoms with E-state index in [0.717, 1.165) is 44.0 Å². The second kappa shape index (κ2) is 6.78. The van der Waals surface area contributed by atoms with E-state index < -0.39 is 0 Å². The fraction of sp³-hybridized carbons (Fsp3) is 0.600. The lowest BCUT2D eigenvalue weighted by atomic mass is 10.1. The number of rotatable bonds is 5. The molecule has 1 atom stereocenters. The van der Waals surface area contributed by atoms with Gasteiger partial charge in [0, 0.05) is 30.8 Å². The largest absolute Gasteiger partial charge is 0.507 e. The van der Waals surface area contributed by atoms with Crippen molar-refractivity contribution in [1.29, 1.82) is 0 Å². The highest BCUT2D eigenvalue weighted by atomic mass is 16.5. The Morgan fingerprint density at radius 1 is 1.47 bits per heavy atom. The van der Waals surface area contributed by atoms with Gasteiger partial charge in [0.2, 0.25) is 0 Å². The number of hydrogen-bond donors (Lipinski definition) is 1. The molecule has 1 saturated heterocycles. The quantitative estimate of drug-likeness (QED) is 0.887. The molecule has 4 nitrogen and oxygen atoms in total. The Balaban J connectivity index is 2.00. The molecule has 0 aliphatic carbocycles. The van der Waals surface area contributed by atoms with E-state index in [0.29, 0.717) is 18.4 Å². The molecule has 1 aliphatic heterocycles. The predicted octanol–water partition coefficient (Wildman–Crippen LogP) is 2.40. The van der Waals surface area contributed by atoms with Gasteiger partial charge in [0.25, 0.3) is 0 Å². The van der Waals surface area contributed by atoms with Gasteiger partial charge in [-0.25, -0.2) is 0 Å². The van der Waals surface area contributed by atoms with Crippen LogP contribution in [0.15, 0.2) is 18.2 Å². The first-order chi connectivity index (χ1) is 9.20. The molecular weight excluding hydrogens is 242 g/mol. The maximum atomic E-state index is 10.1. The molecule has 1 aromatic rings. The van der Waals surface area contributed by atoms with Gasteiger partial charge >= 0.3 is 0 Å². The van der Waals surface area contributed by atoms with Gasteiger partial charge < -0.3 is 14.6 Å². The second-order valence-corrected chi connectivity index (χ2v) is 5.03. The molecule has 0 aromatic heterocycles. The van der Waals surface area contributed by atoms with Gasteiger partial charge in [0.1, 0.15) is 11.5 Å². The molecule has 19 heavy (non-hydrogen) atoms. The first-order valence-corrected chi connectivity index (χ1v) is 6.97. The standard InChI is InChI=1S/C15H23NO3/c1-3-7-19-14-5-4-13(15(17)9-14)10-16-6-8-18-11-12(16)2/h4-5,9,12,17H,3,6-8,10-11H2,1-2H3. The van der Waals surface area contributed by atoms with Crippen molar-refractivity contribution >= 4 is 0 Å². The van der Waals surface area contributed by atoms with Crippen LogP contribution in [0.4, 0.5) is 0 Å². The van der Waals surface area contributed by atoms with Gasteiger partial charge in [-0.1, -0.05) is 13.0 Å². The molecule has 1 heterocycles. The highest BCUT2D eigenvalue weighted by Crippen LogP contribution is 2.26. The summed E-state index contributed by atoms with van der Waals surface area (Å²) in [5, 5.41) is 10.1. The highest BCUT2D eigenvalue weighted by Gasteiger charge is 2.19. The lowest BCUT2D eigenvalue weighted by Gasteiger charge is -2.33. The summed E-state index contributed by atoms with van der Waals surface area (Å²) < 4.78 is 10.9. The van der Waals surface area contributed by atoms with Crippen LogP contribution in [0.1, 0.15) is 25.8 Å². The fourth-order valence-electron chi connectivity index (χ4n) is 2.20. The first kappa shape index (κ1) is 14.2. The van der Waals surface area contributed by atoms with E-state index in [4.69, 9.17) is 9.47 Å². The zero-order valence-corrected chi connectivity index (χ0v) is 11.8. The van der Waals surface area contributed by atoms with E-state index >= 15 is 0 Å². The molecule has 0 saturated carbocycles. The number of phenols is 1. The van der Waals surface area contributed by atoms with Crippen molar-refractivity contribution in [2.75, 3.05) is 26.4 Å². The normalized spacial score (nSPS) is 20.4. The van der Waals surface area contributed by atoms with Crippen LogP contribution >= 0.6 is 0 Å². The zero-order valence-electron chi connectivity index (χ0n) is 11.8. The van der Waals surface area contributed by atoms with Gasteiger partial charge in [-0.15, -0.1) is 0 Å². The molecular formula is C15H23NO3. The summed E-state index contributed by atoms with van der Waals surface area (Å²) in [4.78, 5) is 2.32. The Labute approximate surface area is 114 Å². The minimum Gasteiger partial charge on any atom is -0.507 e. The molecule has 106 valence electrons. The van der Waals surface area contributed by atoms with Crippen molar-refractivity contribution in [3.63, 3.8) is 0 Å². The molecule has 1 unspecified atom stereocenters. The van der Waals surface area contributed by atoms with E-state index in [-0.39, 0.29) is 0 Å². The van der Waals surface area contributed by atoms with Crippen LogP contribution in [0.2, 0.25) is 0 Å². The average molecular weight is 265 g/mol. The molecule has 1 N–H and O–H groups in total. The van der Waals surface area contributed by atoms with E-state index in [1.165, 1.54) is 0 Å². The molecule has 0 radical (unpaired) electrons. The molecule has 1 aliphatic rings. The molecule has 0 spiro atoms. The van der Waals surface area contributed by atoms with Gasteiger partial charge in [-0.2, -0.15) is 0 Å². The summed E-state index contributed by atoms with van der Waals surface area (Å²) in [5.41, 5.74) is 0.942. The number of aromatic hydroxyl groups is 1. The number of nitrogens with zero attached hydrogens (tertiary/aromatic N) is 1. The van der Waals surface area contributed by atoms with E-state index in [9.17, 15) is 5.11 Å². The third kappa shape index (κ3) is 3.85. The minimum atomic E-state index is 0.312. The molecule has 2 rings (SSSR count). The minimum absolute atomic E-state index is 0.312. The van der Waals surface area contributed by atoms with Crippen molar-refractivity contribution < 1.29 is 14.6 Å². The number of morpholine rings is 1. The number of benzene rings is 1. The summed E-state index contributed by atoms with van der Waals surface area (Å²) in [7, 11) is 0. The fourth-order valence-corrected chi connectivity index (χ4v) is 2.20. The monoisotopic (exact) mass is 265 g/mol. The lowest BCUT2D eigenvalue weighted by molar-refractivity contribution is -0.00464. The molecule has 1 fully saturated rings. The van der Waals surface area contributed by atoms with Crippen molar-refractivity contribution in [3.05, 3.63) is 23.8 Å². The van der Waals surface area contributed by atoms with Gasteiger partial charge in [0.15, 0.2) is 0 Å². The predicted molar refractivity (Wildman–Crippen MR) is 74.6 cm³/mol.